The fourth-order valence-electron chi connectivity index (χ4n) is 4.16. The maximum atomic E-state index is 12.5. The average molecular weight is 435 g/mol. The standard InChI is InChI=1S/C26H34N4O2/c1-21-19-30(23-11-13-24(14-12-23)32-20-22-7-4-3-5-8-22)27-25(21)9-6-10-26(31)29-17-15-28(2)16-18-29/h3-5,7-8,11-14,19,25,27H,6,9-10,15-18,20H2,1-2H3. The second-order valence-corrected chi connectivity index (χ2v) is 8.77. The van der Waals surface area contributed by atoms with Crippen LogP contribution in [0.1, 0.15) is 31.7 Å². The molecule has 32 heavy (non-hydrogen) atoms. The molecule has 4 rings (SSSR count). The number of amides is 1. The van der Waals surface area contributed by atoms with E-state index in [2.05, 4.69) is 59.8 Å². The minimum absolute atomic E-state index is 0.268. The summed E-state index contributed by atoms with van der Waals surface area (Å²) in [6.07, 6.45) is 4.63. The van der Waals surface area contributed by atoms with Gasteiger partial charge in [-0.05, 0) is 62.2 Å². The van der Waals surface area contributed by atoms with E-state index >= 15 is 0 Å². The molecule has 2 aromatic carbocycles. The van der Waals surface area contributed by atoms with Crippen LogP contribution in [-0.4, -0.2) is 55.0 Å². The van der Waals surface area contributed by atoms with Crippen LogP contribution in [-0.2, 0) is 11.4 Å². The number of rotatable bonds is 8. The summed E-state index contributed by atoms with van der Waals surface area (Å²) >= 11 is 0. The molecule has 6 nitrogen and oxygen atoms in total. The van der Waals surface area contributed by atoms with Crippen molar-refractivity contribution in [1.82, 2.24) is 15.2 Å². The molecule has 2 heterocycles. The number of carbonyl (C=O) groups is 1. The van der Waals surface area contributed by atoms with Gasteiger partial charge < -0.3 is 14.5 Å². The smallest absolute Gasteiger partial charge is 0.222 e. The van der Waals surface area contributed by atoms with Crippen molar-refractivity contribution in [3.63, 3.8) is 0 Å². The lowest BCUT2D eigenvalue weighted by molar-refractivity contribution is -0.132. The SMILES string of the molecule is CC1=CN(c2ccc(OCc3ccccc3)cc2)NC1CCCC(=O)N1CCN(C)CC1. The van der Waals surface area contributed by atoms with Crippen molar-refractivity contribution in [3.05, 3.63) is 71.9 Å². The van der Waals surface area contributed by atoms with Gasteiger partial charge in [0.05, 0.1) is 5.69 Å². The molecule has 0 aromatic heterocycles. The molecule has 0 bridgehead atoms. The van der Waals surface area contributed by atoms with Crippen LogP contribution >= 0.6 is 0 Å². The van der Waals surface area contributed by atoms with Crippen LogP contribution in [0.3, 0.4) is 0 Å². The molecule has 1 fully saturated rings. The molecule has 0 aliphatic carbocycles. The molecular weight excluding hydrogens is 400 g/mol. The predicted octanol–water partition coefficient (Wildman–Crippen LogP) is 3.81. The first-order valence-electron chi connectivity index (χ1n) is 11.6. The van der Waals surface area contributed by atoms with Crippen molar-refractivity contribution in [2.24, 2.45) is 0 Å². The quantitative estimate of drug-likeness (QED) is 0.685. The van der Waals surface area contributed by atoms with Crippen LogP contribution in [0.15, 0.2) is 66.4 Å². The zero-order valence-electron chi connectivity index (χ0n) is 19.2. The van der Waals surface area contributed by atoms with E-state index in [1.165, 1.54) is 5.57 Å². The van der Waals surface area contributed by atoms with E-state index in [1.54, 1.807) is 0 Å². The van der Waals surface area contributed by atoms with Crippen LogP contribution in [0, 0.1) is 0 Å². The Bertz CT molecular complexity index is 905. The van der Waals surface area contributed by atoms with Gasteiger partial charge in [0.25, 0.3) is 0 Å². The van der Waals surface area contributed by atoms with Crippen molar-refractivity contribution in [1.29, 1.82) is 0 Å². The lowest BCUT2D eigenvalue weighted by Crippen LogP contribution is -2.47. The molecule has 2 aromatic rings. The Labute approximate surface area is 191 Å². The number of hydrogen-bond acceptors (Lipinski definition) is 5. The molecule has 2 aliphatic heterocycles. The molecule has 0 saturated carbocycles. The molecule has 0 radical (unpaired) electrons. The van der Waals surface area contributed by atoms with Gasteiger partial charge in [-0.2, -0.15) is 0 Å². The largest absolute Gasteiger partial charge is 0.489 e. The number of carbonyl (C=O) groups excluding carboxylic acids is 1. The van der Waals surface area contributed by atoms with Gasteiger partial charge in [-0.3, -0.25) is 9.80 Å². The van der Waals surface area contributed by atoms with Gasteiger partial charge in [0.15, 0.2) is 0 Å². The maximum absolute atomic E-state index is 12.5. The molecule has 1 saturated heterocycles. The maximum Gasteiger partial charge on any atom is 0.222 e. The Morgan fingerprint density at radius 2 is 1.75 bits per heavy atom. The van der Waals surface area contributed by atoms with Crippen LogP contribution in [0.25, 0.3) is 0 Å². The molecule has 170 valence electrons. The number of benzene rings is 2. The Morgan fingerprint density at radius 3 is 2.47 bits per heavy atom. The normalized spacial score (nSPS) is 19.2. The summed E-state index contributed by atoms with van der Waals surface area (Å²) < 4.78 is 5.89. The number of ether oxygens (including phenoxy) is 1. The highest BCUT2D eigenvalue weighted by Gasteiger charge is 2.23. The summed E-state index contributed by atoms with van der Waals surface area (Å²) in [7, 11) is 2.11. The third-order valence-corrected chi connectivity index (χ3v) is 6.28. The number of hydrogen-bond donors (Lipinski definition) is 1. The molecule has 2 aliphatic rings. The highest BCUT2D eigenvalue weighted by molar-refractivity contribution is 5.76. The fourth-order valence-corrected chi connectivity index (χ4v) is 4.16. The van der Waals surface area contributed by atoms with Gasteiger partial charge >= 0.3 is 0 Å². The third-order valence-electron chi connectivity index (χ3n) is 6.28. The molecule has 1 unspecified atom stereocenters. The Hall–Kier alpha value is -2.83. The number of piperazine rings is 1. The van der Waals surface area contributed by atoms with Gasteiger partial charge in [-0.1, -0.05) is 30.3 Å². The molecular formula is C26H34N4O2. The van der Waals surface area contributed by atoms with Crippen molar-refractivity contribution in [3.8, 4) is 5.75 Å². The second kappa shape index (κ2) is 10.7. The second-order valence-electron chi connectivity index (χ2n) is 8.77. The summed E-state index contributed by atoms with van der Waals surface area (Å²) in [6.45, 7) is 6.38. The van der Waals surface area contributed by atoms with Crippen LogP contribution in [0.2, 0.25) is 0 Å². The van der Waals surface area contributed by atoms with Gasteiger partial charge in [-0.25, -0.2) is 5.43 Å². The Morgan fingerprint density at radius 1 is 1.03 bits per heavy atom. The topological polar surface area (TPSA) is 48.1 Å². The van der Waals surface area contributed by atoms with Gasteiger partial charge in [0.1, 0.15) is 12.4 Å². The summed E-state index contributed by atoms with van der Waals surface area (Å²) in [5.74, 6) is 1.15. The minimum Gasteiger partial charge on any atom is -0.489 e. The van der Waals surface area contributed by atoms with Crippen LogP contribution in [0.5, 0.6) is 5.75 Å². The fraction of sp³-hybridized carbons (Fsp3) is 0.423. The van der Waals surface area contributed by atoms with Gasteiger partial charge in [0.2, 0.25) is 5.91 Å². The van der Waals surface area contributed by atoms with Crippen molar-refractivity contribution in [2.75, 3.05) is 38.2 Å². The third kappa shape index (κ3) is 5.90. The van der Waals surface area contributed by atoms with Crippen LogP contribution < -0.4 is 15.2 Å². The van der Waals surface area contributed by atoms with E-state index in [-0.39, 0.29) is 6.04 Å². The number of hydrazine groups is 1. The summed E-state index contributed by atoms with van der Waals surface area (Å²) in [4.78, 5) is 16.8. The Kier molecular flexibility index (Phi) is 7.45. The molecule has 1 N–H and O–H groups in total. The number of nitrogens with zero attached hydrogens (tertiary/aromatic N) is 3. The van der Waals surface area contributed by atoms with E-state index in [4.69, 9.17) is 4.74 Å². The molecule has 0 spiro atoms. The van der Waals surface area contributed by atoms with Gasteiger partial charge in [-0.15, -0.1) is 0 Å². The molecule has 1 amide bonds. The predicted molar refractivity (Wildman–Crippen MR) is 128 cm³/mol. The highest BCUT2D eigenvalue weighted by Crippen LogP contribution is 2.25. The first kappa shape index (κ1) is 22.4. The van der Waals surface area contributed by atoms with Crippen molar-refractivity contribution in [2.45, 2.75) is 38.8 Å². The molecule has 1 atom stereocenters. The van der Waals surface area contributed by atoms with E-state index in [1.807, 2.05) is 35.2 Å². The van der Waals surface area contributed by atoms with E-state index in [0.717, 1.165) is 56.0 Å². The van der Waals surface area contributed by atoms with Crippen molar-refractivity contribution >= 4 is 11.6 Å². The van der Waals surface area contributed by atoms with Gasteiger partial charge in [0, 0.05) is 44.8 Å². The first-order chi connectivity index (χ1) is 15.6. The van der Waals surface area contributed by atoms with E-state index < -0.39 is 0 Å². The summed E-state index contributed by atoms with van der Waals surface area (Å²) in [6, 6.07) is 18.6. The number of likely N-dealkylation sites (N-methyl/N-ethyl adjacent to an activating group) is 1. The van der Waals surface area contributed by atoms with Crippen LogP contribution in [0.4, 0.5) is 5.69 Å². The monoisotopic (exact) mass is 434 g/mol. The first-order valence-corrected chi connectivity index (χ1v) is 11.6. The zero-order valence-corrected chi connectivity index (χ0v) is 19.2. The number of anilines is 1. The minimum atomic E-state index is 0.268. The Balaban J connectivity index is 1.22. The lowest BCUT2D eigenvalue weighted by Gasteiger charge is -2.32. The van der Waals surface area contributed by atoms with E-state index in [9.17, 15) is 4.79 Å². The van der Waals surface area contributed by atoms with E-state index in [0.29, 0.717) is 18.9 Å². The zero-order chi connectivity index (χ0) is 22.3. The van der Waals surface area contributed by atoms with Crippen molar-refractivity contribution < 1.29 is 9.53 Å². The highest BCUT2D eigenvalue weighted by atomic mass is 16.5. The molecule has 6 heteroatoms. The lowest BCUT2D eigenvalue weighted by atomic mass is 10.0. The summed E-state index contributed by atoms with van der Waals surface area (Å²) in [5.41, 5.74) is 7.09. The summed E-state index contributed by atoms with van der Waals surface area (Å²) in [5, 5.41) is 2.07. The average Bonchev–Trinajstić information content (AvgIpc) is 3.19. The number of nitrogens with one attached hydrogen (secondary N) is 1.